The lowest BCUT2D eigenvalue weighted by molar-refractivity contribution is 0.337. The van der Waals surface area contributed by atoms with E-state index in [1.54, 1.807) is 11.8 Å². The second-order valence-electron chi connectivity index (χ2n) is 7.37. The van der Waals surface area contributed by atoms with Crippen molar-refractivity contribution in [3.05, 3.63) is 5.89 Å². The van der Waals surface area contributed by atoms with Crippen LogP contribution < -0.4 is 0 Å². The summed E-state index contributed by atoms with van der Waals surface area (Å²) in [5.41, 5.74) is 0.517. The van der Waals surface area contributed by atoms with E-state index >= 15 is 0 Å². The maximum Gasteiger partial charge on any atom is 0.276 e. The molecule has 22 heavy (non-hydrogen) atoms. The third-order valence-electron chi connectivity index (χ3n) is 5.63. The van der Waals surface area contributed by atoms with Crippen molar-refractivity contribution < 1.29 is 12.8 Å². The fourth-order valence-corrected chi connectivity index (χ4v) is 7.34. The van der Waals surface area contributed by atoms with Gasteiger partial charge in [-0.2, -0.15) is 0 Å². The molecule has 1 aromatic rings. The fourth-order valence-electron chi connectivity index (χ4n) is 4.39. The molecule has 3 aliphatic rings. The molecule has 1 unspecified atom stereocenters. The molecule has 2 aliphatic carbocycles. The van der Waals surface area contributed by atoms with Crippen molar-refractivity contribution in [1.82, 2.24) is 10.2 Å². The van der Waals surface area contributed by atoms with Gasteiger partial charge in [0.15, 0.2) is 9.84 Å². The number of sulfone groups is 1. The minimum Gasteiger partial charge on any atom is -0.416 e. The van der Waals surface area contributed by atoms with E-state index in [1.165, 1.54) is 32.1 Å². The van der Waals surface area contributed by atoms with Crippen molar-refractivity contribution in [1.29, 1.82) is 0 Å². The fraction of sp³-hybridized carbons (Fsp3) is 0.867. The first-order valence-corrected chi connectivity index (χ1v) is 11.0. The number of nitrogens with zero attached hydrogens (tertiary/aromatic N) is 2. The van der Waals surface area contributed by atoms with Crippen LogP contribution in [0.15, 0.2) is 9.64 Å². The molecule has 0 aromatic carbocycles. The smallest absolute Gasteiger partial charge is 0.276 e. The van der Waals surface area contributed by atoms with Crippen molar-refractivity contribution >= 4 is 21.6 Å². The standard InChI is InChI=1S/C15H22N2O3S2/c18-22(19)6-3-12(9-22)7-13-16-17-14(20-13)21-10-15-4-1-11(8-15)2-5-15/h11-12H,1-10H2. The van der Waals surface area contributed by atoms with Crippen molar-refractivity contribution in [3.63, 3.8) is 0 Å². The van der Waals surface area contributed by atoms with Crippen LogP contribution in [-0.2, 0) is 16.3 Å². The summed E-state index contributed by atoms with van der Waals surface area (Å²) in [6.07, 6.45) is 8.19. The van der Waals surface area contributed by atoms with Crippen molar-refractivity contribution in [3.8, 4) is 0 Å². The molecule has 122 valence electrons. The Balaban J connectivity index is 1.32. The molecule has 3 fully saturated rings. The van der Waals surface area contributed by atoms with E-state index in [0.717, 1.165) is 18.1 Å². The summed E-state index contributed by atoms with van der Waals surface area (Å²) in [5, 5.41) is 8.88. The van der Waals surface area contributed by atoms with Gasteiger partial charge in [-0.3, -0.25) is 0 Å². The highest BCUT2D eigenvalue weighted by Crippen LogP contribution is 2.55. The van der Waals surface area contributed by atoms with Crippen LogP contribution in [0.1, 0.15) is 44.4 Å². The average Bonchev–Trinajstić information content (AvgIpc) is 3.22. The maximum atomic E-state index is 11.5. The summed E-state index contributed by atoms with van der Waals surface area (Å²) >= 11 is 1.69. The summed E-state index contributed by atoms with van der Waals surface area (Å²) < 4.78 is 28.7. The van der Waals surface area contributed by atoms with E-state index in [1.807, 2.05) is 0 Å². The first kappa shape index (κ1) is 15.0. The van der Waals surface area contributed by atoms with Crippen molar-refractivity contribution in [2.45, 2.75) is 50.2 Å². The van der Waals surface area contributed by atoms with Crippen LogP contribution in [-0.4, -0.2) is 35.9 Å². The highest BCUT2D eigenvalue weighted by atomic mass is 32.2. The maximum absolute atomic E-state index is 11.5. The summed E-state index contributed by atoms with van der Waals surface area (Å²) in [6, 6.07) is 0. The Kier molecular flexibility index (Phi) is 3.76. The zero-order chi connectivity index (χ0) is 15.2. The lowest BCUT2D eigenvalue weighted by Gasteiger charge is -2.24. The predicted molar refractivity (Wildman–Crippen MR) is 84.5 cm³/mol. The number of aromatic nitrogens is 2. The van der Waals surface area contributed by atoms with E-state index in [2.05, 4.69) is 10.2 Å². The number of hydrogen-bond donors (Lipinski definition) is 0. The molecular formula is C15H22N2O3S2. The van der Waals surface area contributed by atoms with E-state index in [9.17, 15) is 8.42 Å². The minimum absolute atomic E-state index is 0.146. The molecule has 2 heterocycles. The quantitative estimate of drug-likeness (QED) is 0.766. The third-order valence-corrected chi connectivity index (χ3v) is 8.63. The normalized spacial score (nSPS) is 36.2. The summed E-state index contributed by atoms with van der Waals surface area (Å²) in [7, 11) is -2.83. The highest BCUT2D eigenvalue weighted by Gasteiger charge is 2.44. The topological polar surface area (TPSA) is 73.1 Å². The van der Waals surface area contributed by atoms with Gasteiger partial charge in [0.2, 0.25) is 5.89 Å². The lowest BCUT2D eigenvalue weighted by Crippen LogP contribution is -2.16. The molecule has 1 saturated heterocycles. The van der Waals surface area contributed by atoms with Gasteiger partial charge in [-0.15, -0.1) is 10.2 Å². The SMILES string of the molecule is O=S1(=O)CCC(Cc2nnc(SCC34CCC(CC3)C4)o2)C1. The molecule has 1 aromatic heterocycles. The Morgan fingerprint density at radius 2 is 2.05 bits per heavy atom. The van der Waals surface area contributed by atoms with Gasteiger partial charge in [0, 0.05) is 12.2 Å². The van der Waals surface area contributed by atoms with Gasteiger partial charge in [-0.05, 0) is 55.8 Å². The van der Waals surface area contributed by atoms with E-state index in [4.69, 9.17) is 4.42 Å². The number of rotatable bonds is 5. The summed E-state index contributed by atoms with van der Waals surface area (Å²) in [5.74, 6) is 3.36. The van der Waals surface area contributed by atoms with Crippen molar-refractivity contribution in [2.24, 2.45) is 17.3 Å². The van der Waals surface area contributed by atoms with Gasteiger partial charge in [0.1, 0.15) is 0 Å². The van der Waals surface area contributed by atoms with Gasteiger partial charge in [0.25, 0.3) is 5.22 Å². The molecular weight excluding hydrogens is 320 g/mol. The van der Waals surface area contributed by atoms with Crippen LogP contribution in [0.4, 0.5) is 0 Å². The van der Waals surface area contributed by atoms with Gasteiger partial charge in [0.05, 0.1) is 11.5 Å². The van der Waals surface area contributed by atoms with E-state index in [-0.39, 0.29) is 11.7 Å². The second kappa shape index (κ2) is 5.51. The van der Waals surface area contributed by atoms with Gasteiger partial charge in [-0.25, -0.2) is 8.42 Å². The summed E-state index contributed by atoms with van der Waals surface area (Å²) in [6.45, 7) is 0. The predicted octanol–water partition coefficient (Wildman–Crippen LogP) is 2.72. The van der Waals surface area contributed by atoms with Crippen LogP contribution in [0.5, 0.6) is 0 Å². The largest absolute Gasteiger partial charge is 0.416 e. The first-order valence-electron chi connectivity index (χ1n) is 8.18. The lowest BCUT2D eigenvalue weighted by atomic mass is 9.87. The van der Waals surface area contributed by atoms with Crippen LogP contribution >= 0.6 is 11.8 Å². The molecule has 2 saturated carbocycles. The van der Waals surface area contributed by atoms with Crippen LogP contribution in [0.3, 0.4) is 0 Å². The zero-order valence-electron chi connectivity index (χ0n) is 12.7. The van der Waals surface area contributed by atoms with Crippen LogP contribution in [0, 0.1) is 17.3 Å². The first-order chi connectivity index (χ1) is 10.5. The second-order valence-corrected chi connectivity index (χ2v) is 10.5. The van der Waals surface area contributed by atoms with Gasteiger partial charge in [-0.1, -0.05) is 11.8 Å². The van der Waals surface area contributed by atoms with Gasteiger partial charge < -0.3 is 4.42 Å². The third kappa shape index (κ3) is 3.07. The number of fused-ring (bicyclic) bond motifs is 2. The summed E-state index contributed by atoms with van der Waals surface area (Å²) in [4.78, 5) is 0. The van der Waals surface area contributed by atoms with Crippen LogP contribution in [0.25, 0.3) is 0 Å². The average molecular weight is 342 g/mol. The molecule has 5 nitrogen and oxygen atoms in total. The molecule has 0 N–H and O–H groups in total. The molecule has 0 spiro atoms. The van der Waals surface area contributed by atoms with Crippen LogP contribution in [0.2, 0.25) is 0 Å². The van der Waals surface area contributed by atoms with E-state index in [0.29, 0.717) is 28.7 Å². The Bertz CT molecular complexity index is 647. The molecule has 2 bridgehead atoms. The molecule has 0 amide bonds. The zero-order valence-corrected chi connectivity index (χ0v) is 14.3. The van der Waals surface area contributed by atoms with Gasteiger partial charge >= 0.3 is 0 Å². The Morgan fingerprint density at radius 1 is 1.23 bits per heavy atom. The number of thioether (sulfide) groups is 1. The van der Waals surface area contributed by atoms with Crippen molar-refractivity contribution in [2.75, 3.05) is 17.3 Å². The minimum atomic E-state index is -2.83. The van der Waals surface area contributed by atoms with E-state index < -0.39 is 9.84 Å². The molecule has 1 atom stereocenters. The Morgan fingerprint density at radius 3 is 2.68 bits per heavy atom. The molecule has 7 heteroatoms. The Labute approximate surface area is 135 Å². The molecule has 0 radical (unpaired) electrons. The Hall–Kier alpha value is -0.560. The highest BCUT2D eigenvalue weighted by molar-refractivity contribution is 7.99. The number of hydrogen-bond acceptors (Lipinski definition) is 6. The molecule has 1 aliphatic heterocycles. The monoisotopic (exact) mass is 342 g/mol. The molecule has 4 rings (SSSR count).